The second-order valence-electron chi connectivity index (χ2n) is 7.79. The van der Waals surface area contributed by atoms with Gasteiger partial charge in [-0.25, -0.2) is 0 Å². The molecule has 0 aromatic heterocycles. The largest absolute Gasteiger partial charge is 0.379 e. The molecule has 0 aliphatic rings. The van der Waals surface area contributed by atoms with Gasteiger partial charge in [0.15, 0.2) is 0 Å². The summed E-state index contributed by atoms with van der Waals surface area (Å²) in [5.74, 6) is -0.0445. The summed E-state index contributed by atoms with van der Waals surface area (Å²) in [7, 11) is -2.75. The fraction of sp³-hybridized carbons (Fsp3) is 0.458. The molecule has 2 aromatic rings. The number of amides is 1. The third kappa shape index (κ3) is 7.01. The van der Waals surface area contributed by atoms with Crippen molar-refractivity contribution in [3.63, 3.8) is 0 Å². The number of hydrogen-bond donors (Lipinski definition) is 0. The van der Waals surface area contributed by atoms with Gasteiger partial charge in [0.05, 0.1) is 10.0 Å². The van der Waals surface area contributed by atoms with Crippen LogP contribution >= 0.6 is 23.2 Å². The van der Waals surface area contributed by atoms with Crippen LogP contribution in [-0.2, 0) is 26.2 Å². The predicted octanol–water partition coefficient (Wildman–Crippen LogP) is 5.38. The predicted molar refractivity (Wildman–Crippen MR) is 136 cm³/mol. The number of benzene rings is 2. The molecule has 0 spiro atoms. The van der Waals surface area contributed by atoms with E-state index in [4.69, 9.17) is 32.1 Å². The van der Waals surface area contributed by atoms with Crippen LogP contribution in [0.3, 0.4) is 0 Å². The molecule has 0 radical (unpaired) electrons. The van der Waals surface area contributed by atoms with Crippen molar-refractivity contribution in [3.8, 4) is 5.75 Å². The fourth-order valence-electron chi connectivity index (χ4n) is 3.44. The van der Waals surface area contributed by atoms with Gasteiger partial charge in [-0.15, -0.1) is 0 Å². The molecule has 7 nitrogen and oxygen atoms in total. The number of ether oxygens (including phenoxy) is 1. The Balaban J connectivity index is 2.54. The zero-order valence-corrected chi connectivity index (χ0v) is 22.5. The molecule has 0 fully saturated rings. The Morgan fingerprint density at radius 2 is 1.71 bits per heavy atom. The van der Waals surface area contributed by atoms with Gasteiger partial charge in [0, 0.05) is 50.1 Å². The van der Waals surface area contributed by atoms with Gasteiger partial charge in [-0.2, -0.15) is 8.42 Å². The van der Waals surface area contributed by atoms with Crippen LogP contribution in [0.15, 0.2) is 41.3 Å². The average Bonchev–Trinajstić information content (AvgIpc) is 2.80. The highest BCUT2D eigenvalue weighted by Gasteiger charge is 2.24. The number of hydrogen-bond acceptors (Lipinski definition) is 6. The molecule has 34 heavy (non-hydrogen) atoms. The van der Waals surface area contributed by atoms with Gasteiger partial charge in [0.2, 0.25) is 5.91 Å². The highest BCUT2D eigenvalue weighted by atomic mass is 35.5. The Labute approximate surface area is 212 Å². The number of methoxy groups -OCH3 is 1. The zero-order chi connectivity index (χ0) is 25.5. The molecule has 0 aliphatic carbocycles. The van der Waals surface area contributed by atoms with Gasteiger partial charge < -0.3 is 18.7 Å². The van der Waals surface area contributed by atoms with Crippen LogP contribution in [-0.4, -0.2) is 52.1 Å². The van der Waals surface area contributed by atoms with Crippen LogP contribution in [0, 0.1) is 0 Å². The molecule has 0 heterocycles. The smallest absolute Gasteiger partial charge is 0.339 e. The number of carbonyl (C=O) groups excluding carboxylic acids is 1. The fourth-order valence-corrected chi connectivity index (χ4v) is 4.78. The maximum Gasteiger partial charge on any atom is 0.339 e. The van der Waals surface area contributed by atoms with Gasteiger partial charge >= 0.3 is 10.1 Å². The van der Waals surface area contributed by atoms with E-state index in [1.165, 1.54) is 25.3 Å². The highest BCUT2D eigenvalue weighted by Crippen LogP contribution is 2.32. The SMILES string of the molecule is CC[C@H](C)N(Cc1ccc(N(CC)CC)cc1OS(=O)(=O)c1ccc(Cl)c(Cl)c1)C(=O)COC. The number of halogens is 2. The lowest BCUT2D eigenvalue weighted by Crippen LogP contribution is -2.40. The minimum absolute atomic E-state index is 0.0698. The first kappa shape index (κ1) is 28.2. The van der Waals surface area contributed by atoms with E-state index in [-0.39, 0.29) is 45.8 Å². The molecule has 2 rings (SSSR count). The maximum atomic E-state index is 13.1. The van der Waals surface area contributed by atoms with Crippen molar-refractivity contribution in [2.24, 2.45) is 0 Å². The van der Waals surface area contributed by atoms with Gasteiger partial charge in [0.25, 0.3) is 0 Å². The van der Waals surface area contributed by atoms with Crippen LogP contribution in [0.2, 0.25) is 10.0 Å². The molecular weight excluding hydrogens is 499 g/mol. The number of rotatable bonds is 12. The molecule has 10 heteroatoms. The first-order chi connectivity index (χ1) is 16.1. The lowest BCUT2D eigenvalue weighted by atomic mass is 10.1. The summed E-state index contributed by atoms with van der Waals surface area (Å²) in [4.78, 5) is 16.3. The molecular formula is C24H32Cl2N2O5S. The zero-order valence-electron chi connectivity index (χ0n) is 20.2. The third-order valence-electron chi connectivity index (χ3n) is 5.61. The minimum atomic E-state index is -4.21. The van der Waals surface area contributed by atoms with Crippen LogP contribution in [0.25, 0.3) is 0 Å². The summed E-state index contributed by atoms with van der Waals surface area (Å²) < 4.78 is 36.9. The van der Waals surface area contributed by atoms with E-state index in [1.807, 2.05) is 33.8 Å². The third-order valence-corrected chi connectivity index (χ3v) is 7.58. The van der Waals surface area contributed by atoms with Crippen molar-refractivity contribution in [2.45, 2.75) is 51.6 Å². The van der Waals surface area contributed by atoms with Crippen molar-refractivity contribution in [1.82, 2.24) is 4.90 Å². The van der Waals surface area contributed by atoms with Gasteiger partial charge in [-0.1, -0.05) is 36.2 Å². The quantitative estimate of drug-likeness (QED) is 0.343. The van der Waals surface area contributed by atoms with E-state index in [0.717, 1.165) is 25.2 Å². The van der Waals surface area contributed by atoms with E-state index in [1.54, 1.807) is 17.0 Å². The maximum absolute atomic E-state index is 13.1. The summed E-state index contributed by atoms with van der Waals surface area (Å²) in [6.07, 6.45) is 0.727. The van der Waals surface area contributed by atoms with E-state index >= 15 is 0 Å². The lowest BCUT2D eigenvalue weighted by molar-refractivity contribution is -0.138. The molecule has 188 valence electrons. The van der Waals surface area contributed by atoms with E-state index in [2.05, 4.69) is 4.90 Å². The normalized spacial score (nSPS) is 12.3. The van der Waals surface area contributed by atoms with E-state index < -0.39 is 10.1 Å². The molecule has 0 saturated carbocycles. The van der Waals surface area contributed by atoms with E-state index in [9.17, 15) is 13.2 Å². The van der Waals surface area contributed by atoms with Crippen molar-refractivity contribution in [1.29, 1.82) is 0 Å². The molecule has 1 atom stereocenters. The first-order valence-corrected chi connectivity index (χ1v) is 13.3. The monoisotopic (exact) mass is 530 g/mol. The summed E-state index contributed by atoms with van der Waals surface area (Å²) in [5.41, 5.74) is 1.37. The molecule has 0 bridgehead atoms. The summed E-state index contributed by atoms with van der Waals surface area (Å²) >= 11 is 12.0. The van der Waals surface area contributed by atoms with Crippen LogP contribution < -0.4 is 9.08 Å². The standard InChI is InChI=1S/C24H32Cl2N2O5S/c1-6-17(4)28(24(29)16-32-5)15-18-9-10-19(27(7-2)8-3)13-23(18)33-34(30,31)20-11-12-21(25)22(26)14-20/h9-14,17H,6-8,15-16H2,1-5H3/t17-/m0/s1. The topological polar surface area (TPSA) is 76.2 Å². The Kier molecular flexibility index (Phi) is 10.5. The van der Waals surface area contributed by atoms with Crippen LogP contribution in [0.5, 0.6) is 5.75 Å². The molecule has 0 N–H and O–H groups in total. The van der Waals surface area contributed by atoms with Crippen molar-refractivity contribution < 1.29 is 22.1 Å². The van der Waals surface area contributed by atoms with Crippen molar-refractivity contribution >= 4 is 44.9 Å². The first-order valence-electron chi connectivity index (χ1n) is 11.1. The summed E-state index contributed by atoms with van der Waals surface area (Å²) in [6.45, 7) is 9.51. The second kappa shape index (κ2) is 12.6. The van der Waals surface area contributed by atoms with Gasteiger partial charge in [-0.05, 0) is 51.5 Å². The Hall–Kier alpha value is -2.00. The number of anilines is 1. The van der Waals surface area contributed by atoms with E-state index in [0.29, 0.717) is 5.56 Å². The Morgan fingerprint density at radius 1 is 1.03 bits per heavy atom. The highest BCUT2D eigenvalue weighted by molar-refractivity contribution is 7.87. The van der Waals surface area contributed by atoms with Crippen LogP contribution in [0.4, 0.5) is 5.69 Å². The minimum Gasteiger partial charge on any atom is -0.379 e. The summed E-state index contributed by atoms with van der Waals surface area (Å²) in [6, 6.07) is 9.30. The molecule has 2 aromatic carbocycles. The Bertz CT molecular complexity index is 1090. The molecule has 0 aliphatic heterocycles. The van der Waals surface area contributed by atoms with Gasteiger partial charge in [-0.3, -0.25) is 4.79 Å². The second-order valence-corrected chi connectivity index (χ2v) is 10.2. The summed E-state index contributed by atoms with van der Waals surface area (Å²) in [5, 5.41) is 0.349. The number of nitrogens with zero attached hydrogens (tertiary/aromatic N) is 2. The number of carbonyl (C=O) groups is 1. The lowest BCUT2D eigenvalue weighted by Gasteiger charge is -2.30. The molecule has 0 unspecified atom stereocenters. The Morgan fingerprint density at radius 3 is 2.26 bits per heavy atom. The van der Waals surface area contributed by atoms with Crippen LogP contribution in [0.1, 0.15) is 39.7 Å². The van der Waals surface area contributed by atoms with Gasteiger partial charge in [0.1, 0.15) is 17.3 Å². The van der Waals surface area contributed by atoms with Crippen molar-refractivity contribution in [2.75, 3.05) is 31.7 Å². The average molecular weight is 532 g/mol. The van der Waals surface area contributed by atoms with Crippen molar-refractivity contribution in [3.05, 3.63) is 52.0 Å². The molecule has 1 amide bonds. The molecule has 0 saturated heterocycles.